The fourth-order valence-electron chi connectivity index (χ4n) is 1.76. The highest BCUT2D eigenvalue weighted by Gasteiger charge is 2.26. The van der Waals surface area contributed by atoms with Gasteiger partial charge in [0.2, 0.25) is 0 Å². The van der Waals surface area contributed by atoms with Crippen LogP contribution in [0.2, 0.25) is 0 Å². The first-order valence-corrected chi connectivity index (χ1v) is 5.70. The number of nitrogens with one attached hydrogen (secondary N) is 1. The Morgan fingerprint density at radius 2 is 2.20 bits per heavy atom. The fourth-order valence-corrected chi connectivity index (χ4v) is 2.21. The number of benzene rings is 1. The molecule has 1 aromatic rings. The number of nitrogens with two attached hydrogens (primary N) is 1. The third-order valence-corrected chi connectivity index (χ3v) is 3.32. The minimum atomic E-state index is 0.320. The average Bonchev–Trinajstić information content (AvgIpc) is 2.16. The highest BCUT2D eigenvalue weighted by molar-refractivity contribution is 9.10. The molecular weight excluding hydrogens is 254 g/mol. The Hall–Kier alpha value is -1.05. The highest BCUT2D eigenvalue weighted by Crippen LogP contribution is 2.28. The van der Waals surface area contributed by atoms with E-state index in [0.717, 1.165) is 23.0 Å². The molecular formula is C11H12BrN3. The number of nitriles is 1. The Morgan fingerprint density at radius 3 is 2.80 bits per heavy atom. The van der Waals surface area contributed by atoms with Gasteiger partial charge in [0.05, 0.1) is 11.3 Å². The zero-order valence-electron chi connectivity index (χ0n) is 8.20. The van der Waals surface area contributed by atoms with Crippen molar-refractivity contribution in [3.8, 4) is 6.07 Å². The lowest BCUT2D eigenvalue weighted by Crippen LogP contribution is -2.44. The summed E-state index contributed by atoms with van der Waals surface area (Å²) in [6.07, 6.45) is 1.97. The summed E-state index contributed by atoms with van der Waals surface area (Å²) in [6.45, 7) is 0. The molecule has 3 nitrogen and oxygen atoms in total. The van der Waals surface area contributed by atoms with Crippen LogP contribution < -0.4 is 11.1 Å². The average molecular weight is 266 g/mol. The first-order valence-electron chi connectivity index (χ1n) is 4.91. The molecule has 0 saturated heterocycles. The van der Waals surface area contributed by atoms with Crippen molar-refractivity contribution >= 4 is 21.6 Å². The van der Waals surface area contributed by atoms with Crippen LogP contribution in [-0.4, -0.2) is 12.1 Å². The van der Waals surface area contributed by atoms with E-state index in [1.807, 2.05) is 18.2 Å². The molecule has 0 aliphatic heterocycles. The third kappa shape index (κ3) is 2.14. The van der Waals surface area contributed by atoms with Gasteiger partial charge in [0.1, 0.15) is 6.07 Å². The second kappa shape index (κ2) is 4.21. The summed E-state index contributed by atoms with van der Waals surface area (Å²) in [6, 6.07) is 8.64. The Bertz CT molecular complexity index is 405. The van der Waals surface area contributed by atoms with Crippen LogP contribution in [0.5, 0.6) is 0 Å². The summed E-state index contributed by atoms with van der Waals surface area (Å²) in [7, 11) is 0. The lowest BCUT2D eigenvalue weighted by atomic mass is 9.87. The summed E-state index contributed by atoms with van der Waals surface area (Å²) in [5, 5.41) is 12.3. The smallest absolute Gasteiger partial charge is 0.103 e. The standard InChI is InChI=1S/C11H12BrN3/c12-10-2-1-3-11(9(10)6-13)15-8-4-7(14)5-8/h1-3,7-8,15H,4-5,14H2. The van der Waals surface area contributed by atoms with Crippen molar-refractivity contribution in [2.75, 3.05) is 5.32 Å². The molecule has 3 N–H and O–H groups in total. The van der Waals surface area contributed by atoms with Crippen LogP contribution >= 0.6 is 15.9 Å². The Morgan fingerprint density at radius 1 is 1.47 bits per heavy atom. The third-order valence-electron chi connectivity index (χ3n) is 2.66. The number of hydrogen-bond donors (Lipinski definition) is 2. The Kier molecular flexibility index (Phi) is 2.94. The Balaban J connectivity index is 2.15. The van der Waals surface area contributed by atoms with Crippen molar-refractivity contribution in [1.29, 1.82) is 5.26 Å². The second-order valence-electron chi connectivity index (χ2n) is 3.85. The van der Waals surface area contributed by atoms with E-state index in [0.29, 0.717) is 17.6 Å². The number of anilines is 1. The predicted molar refractivity (Wildman–Crippen MR) is 63.5 cm³/mol. The summed E-state index contributed by atoms with van der Waals surface area (Å²) in [5.74, 6) is 0. The van der Waals surface area contributed by atoms with E-state index in [1.54, 1.807) is 0 Å². The molecule has 1 aromatic carbocycles. The number of hydrogen-bond acceptors (Lipinski definition) is 3. The van der Waals surface area contributed by atoms with Gasteiger partial charge in [-0.15, -0.1) is 0 Å². The molecule has 0 heterocycles. The summed E-state index contributed by atoms with van der Waals surface area (Å²) in [4.78, 5) is 0. The topological polar surface area (TPSA) is 61.8 Å². The van der Waals surface area contributed by atoms with Crippen molar-refractivity contribution < 1.29 is 0 Å². The zero-order valence-corrected chi connectivity index (χ0v) is 9.79. The number of rotatable bonds is 2. The lowest BCUT2D eigenvalue weighted by molar-refractivity contribution is 0.373. The molecule has 0 bridgehead atoms. The SMILES string of the molecule is N#Cc1c(Br)cccc1NC1CC(N)C1. The first kappa shape index (κ1) is 10.5. The maximum absolute atomic E-state index is 9.01. The second-order valence-corrected chi connectivity index (χ2v) is 4.70. The van der Waals surface area contributed by atoms with Gasteiger partial charge >= 0.3 is 0 Å². The van der Waals surface area contributed by atoms with Gasteiger partial charge in [-0.3, -0.25) is 0 Å². The van der Waals surface area contributed by atoms with Crippen LogP contribution in [0.3, 0.4) is 0 Å². The van der Waals surface area contributed by atoms with Crippen molar-refractivity contribution in [3.05, 3.63) is 28.2 Å². The van der Waals surface area contributed by atoms with Gasteiger partial charge in [0.15, 0.2) is 0 Å². The molecule has 2 rings (SSSR count). The molecule has 15 heavy (non-hydrogen) atoms. The number of nitrogens with zero attached hydrogens (tertiary/aromatic N) is 1. The molecule has 1 fully saturated rings. The molecule has 0 atom stereocenters. The van der Waals surface area contributed by atoms with E-state index in [1.165, 1.54) is 0 Å². The molecule has 0 radical (unpaired) electrons. The molecule has 4 heteroatoms. The van der Waals surface area contributed by atoms with E-state index in [2.05, 4.69) is 27.3 Å². The van der Waals surface area contributed by atoms with Gasteiger partial charge < -0.3 is 11.1 Å². The van der Waals surface area contributed by atoms with Crippen molar-refractivity contribution in [2.24, 2.45) is 5.73 Å². The van der Waals surface area contributed by atoms with E-state index < -0.39 is 0 Å². The molecule has 0 spiro atoms. The van der Waals surface area contributed by atoms with E-state index in [-0.39, 0.29) is 0 Å². The van der Waals surface area contributed by atoms with E-state index in [9.17, 15) is 0 Å². The van der Waals surface area contributed by atoms with Gasteiger partial charge in [0.25, 0.3) is 0 Å². The molecule has 1 saturated carbocycles. The molecule has 0 aromatic heterocycles. The molecule has 0 amide bonds. The van der Waals surface area contributed by atoms with Gasteiger partial charge in [-0.2, -0.15) is 5.26 Å². The number of halogens is 1. The van der Waals surface area contributed by atoms with E-state index >= 15 is 0 Å². The molecule has 1 aliphatic carbocycles. The fraction of sp³-hybridized carbons (Fsp3) is 0.364. The molecule has 1 aliphatic rings. The molecule has 0 unspecified atom stereocenters. The maximum Gasteiger partial charge on any atom is 0.103 e. The minimum Gasteiger partial charge on any atom is -0.381 e. The monoisotopic (exact) mass is 265 g/mol. The van der Waals surface area contributed by atoms with Crippen LogP contribution in [0.4, 0.5) is 5.69 Å². The van der Waals surface area contributed by atoms with Crippen LogP contribution in [0.25, 0.3) is 0 Å². The Labute approximate surface area is 97.4 Å². The molecule has 78 valence electrons. The van der Waals surface area contributed by atoms with Crippen LogP contribution in [0, 0.1) is 11.3 Å². The summed E-state index contributed by atoms with van der Waals surface area (Å²) >= 11 is 3.36. The highest BCUT2D eigenvalue weighted by atomic mass is 79.9. The van der Waals surface area contributed by atoms with Crippen molar-refractivity contribution in [3.63, 3.8) is 0 Å². The predicted octanol–water partition coefficient (Wildman–Crippen LogP) is 2.22. The van der Waals surface area contributed by atoms with Gasteiger partial charge in [-0.05, 0) is 40.9 Å². The summed E-state index contributed by atoms with van der Waals surface area (Å²) in [5.41, 5.74) is 7.27. The van der Waals surface area contributed by atoms with E-state index in [4.69, 9.17) is 11.0 Å². The zero-order chi connectivity index (χ0) is 10.8. The van der Waals surface area contributed by atoms with Gasteiger partial charge in [-0.1, -0.05) is 6.07 Å². The minimum absolute atomic E-state index is 0.320. The first-order chi connectivity index (χ1) is 7.20. The van der Waals surface area contributed by atoms with Crippen molar-refractivity contribution in [2.45, 2.75) is 24.9 Å². The largest absolute Gasteiger partial charge is 0.381 e. The summed E-state index contributed by atoms with van der Waals surface area (Å²) < 4.78 is 0.832. The quantitative estimate of drug-likeness (QED) is 0.862. The van der Waals surface area contributed by atoms with Gasteiger partial charge in [-0.25, -0.2) is 0 Å². The van der Waals surface area contributed by atoms with Crippen molar-refractivity contribution in [1.82, 2.24) is 0 Å². The maximum atomic E-state index is 9.01. The van der Waals surface area contributed by atoms with Gasteiger partial charge in [0, 0.05) is 16.6 Å². The lowest BCUT2D eigenvalue weighted by Gasteiger charge is -2.34. The normalized spacial score (nSPS) is 24.1. The van der Waals surface area contributed by atoms with Crippen LogP contribution in [0.15, 0.2) is 22.7 Å². The van der Waals surface area contributed by atoms with Crippen LogP contribution in [0.1, 0.15) is 18.4 Å². The van der Waals surface area contributed by atoms with Crippen LogP contribution in [-0.2, 0) is 0 Å².